The van der Waals surface area contributed by atoms with Crippen LogP contribution in [0, 0.1) is 0 Å². The molecule has 3 nitrogen and oxygen atoms in total. The molecule has 2 aromatic rings. The summed E-state index contributed by atoms with van der Waals surface area (Å²) in [5, 5.41) is 4.25. The van der Waals surface area contributed by atoms with Gasteiger partial charge in [0.25, 0.3) is 0 Å². The smallest absolute Gasteiger partial charge is 0.220 e. The van der Waals surface area contributed by atoms with Crippen LogP contribution in [-0.4, -0.2) is 13.0 Å². The summed E-state index contributed by atoms with van der Waals surface area (Å²) in [5.74, 6) is 0.780. The average Bonchev–Trinajstić information content (AvgIpc) is 2.59. The van der Waals surface area contributed by atoms with Crippen LogP contribution < -0.4 is 10.1 Å². The number of nitrogens with one attached hydrogen (secondary N) is 1. The summed E-state index contributed by atoms with van der Waals surface area (Å²) in [4.78, 5) is 12.3. The van der Waals surface area contributed by atoms with E-state index in [1.807, 2.05) is 31.2 Å². The summed E-state index contributed by atoms with van der Waals surface area (Å²) >= 11 is 12.3. The molecule has 1 amide bonds. The summed E-state index contributed by atoms with van der Waals surface area (Å²) < 4.78 is 5.16. The number of carbonyl (C=O) groups excluding carboxylic acids is 1. The van der Waals surface area contributed by atoms with Crippen LogP contribution in [-0.2, 0) is 11.2 Å². The lowest BCUT2D eigenvalue weighted by Crippen LogP contribution is -2.28. The van der Waals surface area contributed by atoms with Crippen molar-refractivity contribution in [2.75, 3.05) is 7.11 Å². The van der Waals surface area contributed by atoms with Crippen LogP contribution >= 0.6 is 23.2 Å². The molecule has 0 fully saturated rings. The van der Waals surface area contributed by atoms with Crippen molar-refractivity contribution in [3.8, 4) is 5.75 Å². The van der Waals surface area contributed by atoms with E-state index in [2.05, 4.69) is 5.32 Å². The highest BCUT2D eigenvalue weighted by molar-refractivity contribution is 6.36. The first kappa shape index (κ1) is 18.6. The molecule has 1 N–H and O–H groups in total. The molecule has 0 bridgehead atoms. The van der Waals surface area contributed by atoms with Crippen molar-refractivity contribution in [2.24, 2.45) is 0 Å². The molecule has 0 unspecified atom stereocenters. The van der Waals surface area contributed by atoms with E-state index in [-0.39, 0.29) is 11.9 Å². The van der Waals surface area contributed by atoms with Gasteiger partial charge in [0.1, 0.15) is 5.75 Å². The lowest BCUT2D eigenvalue weighted by Gasteiger charge is -2.18. The summed E-state index contributed by atoms with van der Waals surface area (Å²) in [6, 6.07) is 13.1. The molecule has 0 spiro atoms. The van der Waals surface area contributed by atoms with Crippen LogP contribution in [0.25, 0.3) is 0 Å². The Morgan fingerprint density at radius 2 is 1.75 bits per heavy atom. The molecular formula is C19H21Cl2NO2. The van der Waals surface area contributed by atoms with Crippen LogP contribution in [0.1, 0.15) is 36.9 Å². The molecular weight excluding hydrogens is 345 g/mol. The first-order chi connectivity index (χ1) is 11.5. The Morgan fingerprint density at radius 1 is 1.12 bits per heavy atom. The van der Waals surface area contributed by atoms with Crippen LogP contribution in [0.15, 0.2) is 42.5 Å². The largest absolute Gasteiger partial charge is 0.497 e. The number of hydrogen-bond acceptors (Lipinski definition) is 2. The van der Waals surface area contributed by atoms with Gasteiger partial charge >= 0.3 is 0 Å². The molecule has 0 aliphatic heterocycles. The predicted molar refractivity (Wildman–Crippen MR) is 99.0 cm³/mol. The Hall–Kier alpha value is -1.71. The van der Waals surface area contributed by atoms with Crippen molar-refractivity contribution in [3.05, 3.63) is 63.6 Å². The van der Waals surface area contributed by atoms with Gasteiger partial charge in [-0.2, -0.15) is 0 Å². The summed E-state index contributed by atoms with van der Waals surface area (Å²) in [6.45, 7) is 2.04. The zero-order chi connectivity index (χ0) is 17.5. The molecule has 0 saturated heterocycles. The van der Waals surface area contributed by atoms with Crippen molar-refractivity contribution in [3.63, 3.8) is 0 Å². The van der Waals surface area contributed by atoms with Gasteiger partial charge in [-0.25, -0.2) is 0 Å². The van der Waals surface area contributed by atoms with E-state index in [4.69, 9.17) is 27.9 Å². The zero-order valence-corrected chi connectivity index (χ0v) is 15.3. The van der Waals surface area contributed by atoms with Gasteiger partial charge in [-0.3, -0.25) is 4.79 Å². The van der Waals surface area contributed by atoms with Crippen molar-refractivity contribution in [1.82, 2.24) is 5.32 Å². The molecule has 0 aliphatic rings. The minimum absolute atomic E-state index is 0.0198. The number of rotatable bonds is 7. The third kappa shape index (κ3) is 4.89. The standard InChI is InChI=1S/C19H21Cl2NO2/c1-3-18(13-7-9-14(24-2)10-8-13)22-19(23)12-11-15-16(20)5-4-6-17(15)21/h4-10,18H,3,11-12H2,1-2H3,(H,22,23)/t18-/m0/s1. The third-order valence-corrected chi connectivity index (χ3v) is 4.63. The normalized spacial score (nSPS) is 11.8. The lowest BCUT2D eigenvalue weighted by atomic mass is 10.0. The van der Waals surface area contributed by atoms with Gasteiger partial charge in [-0.05, 0) is 48.2 Å². The van der Waals surface area contributed by atoms with Crippen molar-refractivity contribution in [1.29, 1.82) is 0 Å². The predicted octanol–water partition coefficient (Wildman–Crippen LogP) is 5.20. The Labute approximate surface area is 152 Å². The number of amides is 1. The van der Waals surface area contributed by atoms with Crippen LogP contribution in [0.4, 0.5) is 0 Å². The van der Waals surface area contributed by atoms with Crippen LogP contribution in [0.5, 0.6) is 5.75 Å². The van der Waals surface area contributed by atoms with Crippen molar-refractivity contribution in [2.45, 2.75) is 32.2 Å². The fourth-order valence-electron chi connectivity index (χ4n) is 2.53. The SMILES string of the molecule is CC[C@H](NC(=O)CCc1c(Cl)cccc1Cl)c1ccc(OC)cc1. The van der Waals surface area contributed by atoms with E-state index in [0.717, 1.165) is 23.3 Å². The molecule has 0 radical (unpaired) electrons. The molecule has 2 aromatic carbocycles. The Kier molecular flexibility index (Phi) is 6.95. The molecule has 128 valence electrons. The van der Waals surface area contributed by atoms with Crippen molar-refractivity contribution >= 4 is 29.1 Å². The quantitative estimate of drug-likeness (QED) is 0.731. The van der Waals surface area contributed by atoms with E-state index in [0.29, 0.717) is 22.9 Å². The maximum Gasteiger partial charge on any atom is 0.220 e. The van der Waals surface area contributed by atoms with Crippen LogP contribution in [0.3, 0.4) is 0 Å². The number of benzene rings is 2. The summed E-state index contributed by atoms with van der Waals surface area (Å²) in [6.07, 6.45) is 1.67. The summed E-state index contributed by atoms with van der Waals surface area (Å²) in [7, 11) is 1.63. The highest BCUT2D eigenvalue weighted by Crippen LogP contribution is 2.26. The highest BCUT2D eigenvalue weighted by atomic mass is 35.5. The number of halogens is 2. The lowest BCUT2D eigenvalue weighted by molar-refractivity contribution is -0.121. The minimum atomic E-state index is -0.0230. The number of ether oxygens (including phenoxy) is 1. The second-order valence-electron chi connectivity index (χ2n) is 5.50. The first-order valence-corrected chi connectivity index (χ1v) is 8.67. The average molecular weight is 366 g/mol. The highest BCUT2D eigenvalue weighted by Gasteiger charge is 2.14. The second-order valence-corrected chi connectivity index (χ2v) is 6.32. The minimum Gasteiger partial charge on any atom is -0.497 e. The van der Waals surface area contributed by atoms with Gasteiger partial charge in [-0.15, -0.1) is 0 Å². The fourth-order valence-corrected chi connectivity index (χ4v) is 3.12. The van der Waals surface area contributed by atoms with Gasteiger partial charge in [0, 0.05) is 16.5 Å². The molecule has 0 saturated carbocycles. The summed E-state index contributed by atoms with van der Waals surface area (Å²) in [5.41, 5.74) is 1.87. The molecule has 0 aliphatic carbocycles. The van der Waals surface area contributed by atoms with E-state index in [1.165, 1.54) is 0 Å². The fraction of sp³-hybridized carbons (Fsp3) is 0.316. The molecule has 1 atom stereocenters. The molecule has 0 heterocycles. The third-order valence-electron chi connectivity index (χ3n) is 3.93. The van der Waals surface area contributed by atoms with Gasteiger partial charge < -0.3 is 10.1 Å². The molecule has 24 heavy (non-hydrogen) atoms. The molecule has 0 aromatic heterocycles. The maximum atomic E-state index is 12.3. The maximum absolute atomic E-state index is 12.3. The van der Waals surface area contributed by atoms with Gasteiger partial charge in [0.15, 0.2) is 0 Å². The molecule has 5 heteroatoms. The van der Waals surface area contributed by atoms with E-state index < -0.39 is 0 Å². The van der Waals surface area contributed by atoms with Gasteiger partial charge in [-0.1, -0.05) is 48.3 Å². The number of hydrogen-bond donors (Lipinski definition) is 1. The monoisotopic (exact) mass is 365 g/mol. The Bertz CT molecular complexity index is 666. The van der Waals surface area contributed by atoms with Crippen molar-refractivity contribution < 1.29 is 9.53 Å². The van der Waals surface area contributed by atoms with E-state index in [9.17, 15) is 4.79 Å². The number of methoxy groups -OCH3 is 1. The van der Waals surface area contributed by atoms with Gasteiger partial charge in [0.2, 0.25) is 5.91 Å². The Morgan fingerprint density at radius 3 is 2.29 bits per heavy atom. The molecule has 2 rings (SSSR count). The van der Waals surface area contributed by atoms with Crippen LogP contribution in [0.2, 0.25) is 10.0 Å². The zero-order valence-electron chi connectivity index (χ0n) is 13.8. The Balaban J connectivity index is 1.96. The topological polar surface area (TPSA) is 38.3 Å². The van der Waals surface area contributed by atoms with E-state index >= 15 is 0 Å². The van der Waals surface area contributed by atoms with Gasteiger partial charge in [0.05, 0.1) is 13.2 Å². The second kappa shape index (κ2) is 8.95. The number of carbonyl (C=O) groups is 1. The van der Waals surface area contributed by atoms with E-state index in [1.54, 1.807) is 25.3 Å². The first-order valence-electron chi connectivity index (χ1n) is 7.91.